The van der Waals surface area contributed by atoms with Crippen molar-refractivity contribution in [2.45, 2.75) is 32.0 Å². The minimum atomic E-state index is -0.199. The molecule has 3 rings (SSSR count). The smallest absolute Gasteiger partial charge is 0.238 e. The summed E-state index contributed by atoms with van der Waals surface area (Å²) in [7, 11) is 0. The molecule has 2 aromatic carbocycles. The number of hydrogen-bond donors (Lipinski definition) is 3. The Morgan fingerprint density at radius 2 is 1.82 bits per heavy atom. The van der Waals surface area contributed by atoms with Crippen molar-refractivity contribution in [3.05, 3.63) is 71.3 Å². The van der Waals surface area contributed by atoms with Crippen LogP contribution in [0, 0.1) is 6.92 Å². The van der Waals surface area contributed by atoms with Gasteiger partial charge in [-0.1, -0.05) is 60.2 Å². The highest BCUT2D eigenvalue weighted by atomic mass is 16.2. The monoisotopic (exact) mass is 295 g/mol. The van der Waals surface area contributed by atoms with Gasteiger partial charge in [-0.2, -0.15) is 0 Å². The number of amides is 1. The molecule has 114 valence electrons. The minimum absolute atomic E-state index is 0.0333. The van der Waals surface area contributed by atoms with Crippen LogP contribution in [0.5, 0.6) is 0 Å². The SMILES string of the molecule is Cc1ccc(C2CC(C(=O)NCc3ccccc3)NN2)cc1. The summed E-state index contributed by atoms with van der Waals surface area (Å²) in [4.78, 5) is 12.2. The normalized spacial score (nSPS) is 20.8. The first-order valence-corrected chi connectivity index (χ1v) is 7.61. The minimum Gasteiger partial charge on any atom is -0.351 e. The van der Waals surface area contributed by atoms with E-state index < -0.39 is 0 Å². The van der Waals surface area contributed by atoms with Gasteiger partial charge < -0.3 is 5.32 Å². The van der Waals surface area contributed by atoms with Crippen LogP contribution in [0.25, 0.3) is 0 Å². The Morgan fingerprint density at radius 1 is 1.09 bits per heavy atom. The molecule has 0 bridgehead atoms. The van der Waals surface area contributed by atoms with Crippen molar-refractivity contribution in [1.29, 1.82) is 0 Å². The molecule has 1 saturated heterocycles. The van der Waals surface area contributed by atoms with E-state index in [1.54, 1.807) is 0 Å². The standard InChI is InChI=1S/C18H21N3O/c1-13-7-9-15(10-8-13)16-11-17(21-20-16)18(22)19-12-14-5-3-2-4-6-14/h2-10,16-17,20-21H,11-12H2,1H3,(H,19,22). The Bertz CT molecular complexity index is 625. The van der Waals surface area contributed by atoms with Gasteiger partial charge in [0.05, 0.1) is 0 Å². The Kier molecular flexibility index (Phi) is 4.51. The molecule has 0 aliphatic carbocycles. The maximum absolute atomic E-state index is 12.2. The van der Waals surface area contributed by atoms with Gasteiger partial charge in [0.1, 0.15) is 6.04 Å². The van der Waals surface area contributed by atoms with Crippen molar-refractivity contribution < 1.29 is 4.79 Å². The molecule has 22 heavy (non-hydrogen) atoms. The van der Waals surface area contributed by atoms with Crippen molar-refractivity contribution in [2.24, 2.45) is 0 Å². The van der Waals surface area contributed by atoms with E-state index in [0.717, 1.165) is 12.0 Å². The van der Waals surface area contributed by atoms with Crippen molar-refractivity contribution in [2.75, 3.05) is 0 Å². The summed E-state index contributed by atoms with van der Waals surface area (Å²) in [5.41, 5.74) is 9.86. The predicted octanol–water partition coefficient (Wildman–Crippen LogP) is 2.22. The molecule has 3 N–H and O–H groups in total. The van der Waals surface area contributed by atoms with Gasteiger partial charge in [-0.05, 0) is 24.5 Å². The van der Waals surface area contributed by atoms with E-state index >= 15 is 0 Å². The van der Waals surface area contributed by atoms with Crippen molar-refractivity contribution in [3.8, 4) is 0 Å². The van der Waals surface area contributed by atoms with Gasteiger partial charge in [-0.15, -0.1) is 0 Å². The van der Waals surface area contributed by atoms with Gasteiger partial charge in [-0.25, -0.2) is 10.9 Å². The second-order valence-corrected chi connectivity index (χ2v) is 5.74. The second kappa shape index (κ2) is 6.73. The zero-order chi connectivity index (χ0) is 15.4. The lowest BCUT2D eigenvalue weighted by Crippen LogP contribution is -2.42. The van der Waals surface area contributed by atoms with Crippen LogP contribution < -0.4 is 16.2 Å². The Hall–Kier alpha value is -2.17. The highest BCUT2D eigenvalue weighted by Crippen LogP contribution is 2.22. The molecule has 2 aromatic rings. The fourth-order valence-corrected chi connectivity index (χ4v) is 2.65. The molecule has 4 nitrogen and oxygen atoms in total. The molecule has 2 unspecified atom stereocenters. The third kappa shape index (κ3) is 3.53. The number of hydrazine groups is 1. The average Bonchev–Trinajstić information content (AvgIpc) is 3.04. The number of carbonyl (C=O) groups is 1. The second-order valence-electron chi connectivity index (χ2n) is 5.74. The lowest BCUT2D eigenvalue weighted by atomic mass is 10.0. The van der Waals surface area contributed by atoms with Gasteiger partial charge in [0.2, 0.25) is 5.91 Å². The summed E-state index contributed by atoms with van der Waals surface area (Å²) in [6.45, 7) is 2.64. The molecular weight excluding hydrogens is 274 g/mol. The van der Waals surface area contributed by atoms with Crippen LogP contribution in [0.1, 0.15) is 29.2 Å². The molecule has 0 spiro atoms. The van der Waals surface area contributed by atoms with Crippen LogP contribution in [0.15, 0.2) is 54.6 Å². The highest BCUT2D eigenvalue weighted by Gasteiger charge is 2.29. The Labute approximate surface area is 130 Å². The van der Waals surface area contributed by atoms with Crippen LogP contribution in [-0.2, 0) is 11.3 Å². The van der Waals surface area contributed by atoms with Crippen LogP contribution >= 0.6 is 0 Å². The summed E-state index contributed by atoms with van der Waals surface area (Å²) in [6, 6.07) is 18.3. The summed E-state index contributed by atoms with van der Waals surface area (Å²) in [5.74, 6) is 0.0333. The van der Waals surface area contributed by atoms with E-state index in [0.29, 0.717) is 6.54 Å². The van der Waals surface area contributed by atoms with Gasteiger partial charge >= 0.3 is 0 Å². The van der Waals surface area contributed by atoms with Crippen LogP contribution in [0.4, 0.5) is 0 Å². The Balaban J connectivity index is 1.53. The van der Waals surface area contributed by atoms with Gasteiger partial charge in [0, 0.05) is 12.6 Å². The number of benzene rings is 2. The van der Waals surface area contributed by atoms with Gasteiger partial charge in [0.25, 0.3) is 0 Å². The van der Waals surface area contributed by atoms with Crippen molar-refractivity contribution in [1.82, 2.24) is 16.2 Å². The van der Waals surface area contributed by atoms with Crippen molar-refractivity contribution in [3.63, 3.8) is 0 Å². The first-order valence-electron chi connectivity index (χ1n) is 7.61. The molecule has 0 saturated carbocycles. The molecule has 0 aromatic heterocycles. The number of carbonyl (C=O) groups excluding carboxylic acids is 1. The van der Waals surface area contributed by atoms with E-state index in [1.807, 2.05) is 30.3 Å². The molecule has 1 aliphatic rings. The zero-order valence-electron chi connectivity index (χ0n) is 12.7. The van der Waals surface area contributed by atoms with E-state index in [4.69, 9.17) is 0 Å². The third-order valence-electron chi connectivity index (χ3n) is 4.01. The lowest BCUT2D eigenvalue weighted by molar-refractivity contribution is -0.123. The van der Waals surface area contributed by atoms with Crippen molar-refractivity contribution >= 4 is 5.91 Å². The van der Waals surface area contributed by atoms with Gasteiger partial charge in [0.15, 0.2) is 0 Å². The molecule has 0 radical (unpaired) electrons. The number of rotatable bonds is 4. The van der Waals surface area contributed by atoms with E-state index in [2.05, 4.69) is 47.4 Å². The molecule has 1 heterocycles. The first kappa shape index (κ1) is 14.8. The highest BCUT2D eigenvalue weighted by molar-refractivity contribution is 5.82. The summed E-state index contributed by atoms with van der Waals surface area (Å²) >= 11 is 0. The molecule has 4 heteroatoms. The van der Waals surface area contributed by atoms with Gasteiger partial charge in [-0.3, -0.25) is 4.79 Å². The molecule has 1 amide bonds. The molecule has 1 aliphatic heterocycles. The third-order valence-corrected chi connectivity index (χ3v) is 4.01. The maximum Gasteiger partial charge on any atom is 0.238 e. The topological polar surface area (TPSA) is 53.2 Å². The first-order chi connectivity index (χ1) is 10.7. The molecule has 1 fully saturated rings. The van der Waals surface area contributed by atoms with Crippen LogP contribution in [0.2, 0.25) is 0 Å². The Morgan fingerprint density at radius 3 is 2.55 bits per heavy atom. The maximum atomic E-state index is 12.2. The fraction of sp³-hybridized carbons (Fsp3) is 0.278. The predicted molar refractivity (Wildman–Crippen MR) is 86.9 cm³/mol. The summed E-state index contributed by atoms with van der Waals surface area (Å²) in [5, 5.41) is 2.98. The molecule has 2 atom stereocenters. The zero-order valence-corrected chi connectivity index (χ0v) is 12.7. The lowest BCUT2D eigenvalue weighted by Gasteiger charge is -2.11. The van der Waals surface area contributed by atoms with E-state index in [9.17, 15) is 4.79 Å². The fourth-order valence-electron chi connectivity index (χ4n) is 2.65. The quantitative estimate of drug-likeness (QED) is 0.810. The summed E-state index contributed by atoms with van der Waals surface area (Å²) in [6.07, 6.45) is 0.754. The molecular formula is C18H21N3O. The average molecular weight is 295 g/mol. The largest absolute Gasteiger partial charge is 0.351 e. The number of nitrogens with one attached hydrogen (secondary N) is 3. The number of aryl methyl sites for hydroxylation is 1. The van der Waals surface area contributed by atoms with E-state index in [1.165, 1.54) is 11.1 Å². The van der Waals surface area contributed by atoms with Crippen LogP contribution in [0.3, 0.4) is 0 Å². The van der Waals surface area contributed by atoms with E-state index in [-0.39, 0.29) is 18.0 Å². The number of hydrogen-bond acceptors (Lipinski definition) is 3. The van der Waals surface area contributed by atoms with Crippen LogP contribution in [-0.4, -0.2) is 11.9 Å². The summed E-state index contributed by atoms with van der Waals surface area (Å²) < 4.78 is 0.